The molecule has 0 amide bonds. The molecule has 0 unspecified atom stereocenters. The molecule has 0 aromatic heterocycles. The van der Waals surface area contributed by atoms with Crippen LogP contribution in [0.3, 0.4) is 0 Å². The molecule has 2 aliphatic rings. The number of benzene rings is 3. The van der Waals surface area contributed by atoms with Crippen LogP contribution >= 0.6 is 0 Å². The van der Waals surface area contributed by atoms with Crippen molar-refractivity contribution in [3.05, 3.63) is 82.9 Å². The van der Waals surface area contributed by atoms with Gasteiger partial charge in [-0.05, 0) is 79.6 Å². The Kier molecular flexibility index (Phi) is 3.75. The lowest BCUT2D eigenvalue weighted by Gasteiger charge is -2.31. The van der Waals surface area contributed by atoms with E-state index in [1.165, 1.54) is 29.5 Å². The van der Waals surface area contributed by atoms with Gasteiger partial charge in [-0.2, -0.15) is 0 Å². The molecule has 0 saturated carbocycles. The van der Waals surface area contributed by atoms with Crippen molar-refractivity contribution in [3.8, 4) is 5.75 Å². The Morgan fingerprint density at radius 2 is 1.48 bits per heavy atom. The van der Waals surface area contributed by atoms with Crippen LogP contribution in [0, 0.1) is 6.92 Å². The molecule has 0 radical (unpaired) electrons. The summed E-state index contributed by atoms with van der Waals surface area (Å²) >= 11 is 0. The van der Waals surface area contributed by atoms with Crippen molar-refractivity contribution >= 4 is 23.0 Å². The highest BCUT2D eigenvalue weighted by atomic mass is 16.5. The highest BCUT2D eigenvalue weighted by Gasteiger charge is 2.30. The fourth-order valence-corrected chi connectivity index (χ4v) is 4.35. The van der Waals surface area contributed by atoms with Crippen LogP contribution in [0.25, 0.3) is 0 Å². The molecule has 0 atom stereocenters. The molecular weight excluding hydrogens is 334 g/mol. The van der Waals surface area contributed by atoms with E-state index < -0.39 is 0 Å². The van der Waals surface area contributed by atoms with Crippen LogP contribution < -0.4 is 9.64 Å². The smallest absolute Gasteiger partial charge is 0.345 e. The lowest BCUT2D eigenvalue weighted by molar-refractivity contribution is 0.0738. The molecular formula is C24H21NO2. The van der Waals surface area contributed by atoms with Gasteiger partial charge in [-0.25, -0.2) is 4.79 Å². The van der Waals surface area contributed by atoms with Gasteiger partial charge >= 0.3 is 5.97 Å². The van der Waals surface area contributed by atoms with Gasteiger partial charge in [-0.1, -0.05) is 30.3 Å². The van der Waals surface area contributed by atoms with Crippen LogP contribution in [-0.2, 0) is 12.8 Å². The van der Waals surface area contributed by atoms with Crippen LogP contribution in [-0.4, -0.2) is 5.97 Å². The van der Waals surface area contributed by atoms with Gasteiger partial charge in [0.25, 0.3) is 0 Å². The van der Waals surface area contributed by atoms with Gasteiger partial charge in [0, 0.05) is 5.69 Å². The van der Waals surface area contributed by atoms with Gasteiger partial charge in [-0.3, -0.25) is 0 Å². The summed E-state index contributed by atoms with van der Waals surface area (Å²) in [6.45, 7) is 2.20. The van der Waals surface area contributed by atoms with Gasteiger partial charge in [0.15, 0.2) is 5.75 Å². The summed E-state index contributed by atoms with van der Waals surface area (Å²) < 4.78 is 5.72. The van der Waals surface area contributed by atoms with Crippen molar-refractivity contribution in [1.29, 1.82) is 0 Å². The van der Waals surface area contributed by atoms with E-state index in [1.807, 2.05) is 48.5 Å². The summed E-state index contributed by atoms with van der Waals surface area (Å²) in [6, 6.07) is 19.9. The van der Waals surface area contributed by atoms with Crippen LogP contribution in [0.2, 0.25) is 0 Å². The number of fused-ring (bicyclic) bond motifs is 3. The normalized spacial score (nSPS) is 15.3. The molecule has 134 valence electrons. The van der Waals surface area contributed by atoms with E-state index in [-0.39, 0.29) is 5.97 Å². The zero-order valence-electron chi connectivity index (χ0n) is 15.4. The number of anilines is 3. The maximum Gasteiger partial charge on any atom is 0.345 e. The molecule has 1 aliphatic carbocycles. The Morgan fingerprint density at radius 3 is 2.33 bits per heavy atom. The summed E-state index contributed by atoms with van der Waals surface area (Å²) in [5.41, 5.74) is 7.77. The lowest BCUT2D eigenvalue weighted by atomic mass is 9.87. The lowest BCUT2D eigenvalue weighted by Crippen LogP contribution is -2.16. The molecule has 1 aliphatic heterocycles. The van der Waals surface area contributed by atoms with E-state index in [0.29, 0.717) is 11.3 Å². The molecule has 0 N–H and O–H groups in total. The van der Waals surface area contributed by atoms with Crippen molar-refractivity contribution in [3.63, 3.8) is 0 Å². The van der Waals surface area contributed by atoms with Gasteiger partial charge in [0.05, 0.1) is 16.9 Å². The van der Waals surface area contributed by atoms with Crippen molar-refractivity contribution in [2.75, 3.05) is 4.90 Å². The van der Waals surface area contributed by atoms with E-state index in [9.17, 15) is 4.79 Å². The molecule has 3 heteroatoms. The minimum absolute atomic E-state index is 0.304. The molecule has 27 heavy (non-hydrogen) atoms. The number of hydrogen-bond acceptors (Lipinski definition) is 3. The van der Waals surface area contributed by atoms with Crippen LogP contribution in [0.5, 0.6) is 5.75 Å². The van der Waals surface area contributed by atoms with Crippen molar-refractivity contribution < 1.29 is 9.53 Å². The quantitative estimate of drug-likeness (QED) is 0.403. The zero-order chi connectivity index (χ0) is 18.4. The Balaban J connectivity index is 1.82. The third-order valence-corrected chi connectivity index (χ3v) is 5.66. The number of nitrogens with zero attached hydrogens (tertiary/aromatic N) is 1. The first-order valence-electron chi connectivity index (χ1n) is 9.56. The molecule has 3 nitrogen and oxygen atoms in total. The second-order valence-electron chi connectivity index (χ2n) is 7.28. The summed E-state index contributed by atoms with van der Waals surface area (Å²) in [4.78, 5) is 14.9. The number of ether oxygens (including phenoxy) is 1. The Hall–Kier alpha value is -3.07. The van der Waals surface area contributed by atoms with Crippen LogP contribution in [0.1, 0.15) is 39.9 Å². The largest absolute Gasteiger partial charge is 0.421 e. The minimum atomic E-state index is -0.304. The van der Waals surface area contributed by atoms with Gasteiger partial charge in [0.1, 0.15) is 0 Å². The second kappa shape index (κ2) is 6.27. The highest BCUT2D eigenvalue weighted by Crippen LogP contribution is 2.46. The third-order valence-electron chi connectivity index (χ3n) is 5.66. The standard InChI is InChI=1S/C24H21NO2/c1-16-14-15-21(18-9-3-2-8-17(16)18)25-20-11-5-4-10-19(20)24(26)27-23-13-7-6-12-22(23)25/h4-7,10-15H,2-3,8-9H2,1H3. The Labute approximate surface area is 159 Å². The molecule has 1 heterocycles. The first-order valence-corrected chi connectivity index (χ1v) is 9.56. The molecule has 0 saturated heterocycles. The Bertz CT molecular complexity index is 1050. The molecule has 0 fully saturated rings. The molecule has 0 bridgehead atoms. The minimum Gasteiger partial charge on any atom is -0.421 e. The number of carbonyl (C=O) groups is 1. The van der Waals surface area contributed by atoms with Gasteiger partial charge < -0.3 is 9.64 Å². The predicted molar refractivity (Wildman–Crippen MR) is 107 cm³/mol. The van der Waals surface area contributed by atoms with E-state index in [0.717, 1.165) is 29.9 Å². The van der Waals surface area contributed by atoms with Crippen molar-refractivity contribution in [1.82, 2.24) is 0 Å². The van der Waals surface area contributed by atoms with Crippen molar-refractivity contribution in [2.24, 2.45) is 0 Å². The number of carbonyl (C=O) groups excluding carboxylic acids is 1. The second-order valence-corrected chi connectivity index (χ2v) is 7.28. The molecule has 5 rings (SSSR count). The number of para-hydroxylation sites is 3. The fourth-order valence-electron chi connectivity index (χ4n) is 4.35. The van der Waals surface area contributed by atoms with Gasteiger partial charge in [-0.15, -0.1) is 0 Å². The van der Waals surface area contributed by atoms with E-state index >= 15 is 0 Å². The number of hydrogen-bond donors (Lipinski definition) is 0. The first-order chi connectivity index (χ1) is 13.2. The van der Waals surface area contributed by atoms with E-state index in [4.69, 9.17) is 4.74 Å². The third kappa shape index (κ3) is 2.54. The maximum atomic E-state index is 12.7. The molecule has 3 aromatic carbocycles. The monoisotopic (exact) mass is 355 g/mol. The van der Waals surface area contributed by atoms with E-state index in [1.54, 1.807) is 0 Å². The highest BCUT2D eigenvalue weighted by molar-refractivity contribution is 6.03. The fraction of sp³-hybridized carbons (Fsp3) is 0.208. The molecule has 0 spiro atoms. The van der Waals surface area contributed by atoms with E-state index in [2.05, 4.69) is 24.0 Å². The number of aryl methyl sites for hydroxylation is 1. The topological polar surface area (TPSA) is 29.5 Å². The van der Waals surface area contributed by atoms with Gasteiger partial charge in [0.2, 0.25) is 0 Å². The summed E-state index contributed by atoms with van der Waals surface area (Å²) in [6.07, 6.45) is 4.64. The first kappa shape index (κ1) is 16.1. The summed E-state index contributed by atoms with van der Waals surface area (Å²) in [5, 5.41) is 0. The average molecular weight is 355 g/mol. The zero-order valence-corrected chi connectivity index (χ0v) is 15.4. The summed E-state index contributed by atoms with van der Waals surface area (Å²) in [5.74, 6) is 0.297. The SMILES string of the molecule is Cc1ccc(N2c3ccccc3OC(=O)c3ccccc32)c2c1CCCC2. The maximum absolute atomic E-state index is 12.7. The number of rotatable bonds is 1. The van der Waals surface area contributed by atoms with Crippen molar-refractivity contribution in [2.45, 2.75) is 32.6 Å². The summed E-state index contributed by atoms with van der Waals surface area (Å²) in [7, 11) is 0. The van der Waals surface area contributed by atoms with Crippen LogP contribution in [0.4, 0.5) is 17.1 Å². The molecule has 3 aromatic rings. The van der Waals surface area contributed by atoms with Crippen LogP contribution in [0.15, 0.2) is 60.7 Å². The predicted octanol–water partition coefficient (Wildman–Crippen LogP) is 5.88. The average Bonchev–Trinajstić information content (AvgIpc) is 2.83. The Morgan fingerprint density at radius 1 is 0.778 bits per heavy atom. The number of esters is 1.